The Labute approximate surface area is 99.4 Å². The fourth-order valence-corrected chi connectivity index (χ4v) is 3.43. The normalized spacial score (nSPS) is 23.9. The topological polar surface area (TPSA) is 21.3 Å². The van der Waals surface area contributed by atoms with Gasteiger partial charge in [0.05, 0.1) is 18.8 Å². The van der Waals surface area contributed by atoms with E-state index in [0.717, 1.165) is 24.7 Å². The number of ether oxygens (including phenoxy) is 1. The molecule has 2 nitrogen and oxygen atoms in total. The van der Waals surface area contributed by atoms with Crippen molar-refractivity contribution in [3.8, 4) is 0 Å². The Morgan fingerprint density at radius 1 is 1.67 bits per heavy atom. The van der Waals surface area contributed by atoms with E-state index in [1.807, 2.05) is 11.8 Å². The van der Waals surface area contributed by atoms with Crippen molar-refractivity contribution in [2.75, 3.05) is 24.7 Å². The van der Waals surface area contributed by atoms with Gasteiger partial charge in [0.15, 0.2) is 0 Å². The third-order valence-corrected chi connectivity index (χ3v) is 4.26. The summed E-state index contributed by atoms with van der Waals surface area (Å²) in [6.07, 6.45) is 0.332. The van der Waals surface area contributed by atoms with Crippen LogP contribution in [0.3, 0.4) is 0 Å². The van der Waals surface area contributed by atoms with Crippen LogP contribution < -0.4 is 5.32 Å². The predicted molar refractivity (Wildman–Crippen MR) is 67.8 cm³/mol. The summed E-state index contributed by atoms with van der Waals surface area (Å²) in [7, 11) is 0. The minimum Gasteiger partial charge on any atom is -0.375 e. The van der Waals surface area contributed by atoms with Gasteiger partial charge in [-0.25, -0.2) is 0 Å². The molecular weight excluding hydrogens is 226 g/mol. The van der Waals surface area contributed by atoms with Gasteiger partial charge in [0, 0.05) is 11.5 Å². The molecule has 0 amide bonds. The number of hydrogen-bond acceptors (Lipinski definition) is 4. The summed E-state index contributed by atoms with van der Waals surface area (Å²) in [5.74, 6) is 2.24. The highest BCUT2D eigenvalue weighted by Crippen LogP contribution is 2.26. The van der Waals surface area contributed by atoms with Crippen LogP contribution in [0.1, 0.15) is 18.5 Å². The first kappa shape index (κ1) is 11.5. The highest BCUT2D eigenvalue weighted by molar-refractivity contribution is 7.99. The molecule has 1 aromatic heterocycles. The molecule has 2 atom stereocenters. The molecule has 1 aliphatic heterocycles. The molecule has 0 aliphatic carbocycles. The average molecular weight is 243 g/mol. The Hall–Kier alpha value is -0.0300. The molecule has 0 saturated carbocycles. The number of hydrogen-bond donors (Lipinski definition) is 1. The fraction of sp³-hybridized carbons (Fsp3) is 0.636. The SMILES string of the molecule is CCNC(c1ccsc1)C1CSCCO1. The van der Waals surface area contributed by atoms with E-state index in [9.17, 15) is 0 Å². The van der Waals surface area contributed by atoms with Gasteiger partial charge in [-0.15, -0.1) is 0 Å². The van der Waals surface area contributed by atoms with Gasteiger partial charge in [-0.3, -0.25) is 0 Å². The number of rotatable bonds is 4. The molecule has 0 aromatic carbocycles. The standard InChI is InChI=1S/C11H17NOS2/c1-2-12-11(9-3-5-14-7-9)10-8-15-6-4-13-10/h3,5,7,10-12H,2,4,6,8H2,1H3. The predicted octanol–water partition coefficient (Wildman–Crippen LogP) is 2.53. The van der Waals surface area contributed by atoms with Crippen LogP contribution in [0.15, 0.2) is 16.8 Å². The molecule has 0 bridgehead atoms. The molecule has 1 N–H and O–H groups in total. The van der Waals surface area contributed by atoms with Crippen molar-refractivity contribution in [1.29, 1.82) is 0 Å². The number of nitrogens with one attached hydrogen (secondary N) is 1. The lowest BCUT2D eigenvalue weighted by atomic mass is 10.1. The second-order valence-electron chi connectivity index (χ2n) is 3.58. The first-order valence-electron chi connectivity index (χ1n) is 5.36. The summed E-state index contributed by atoms with van der Waals surface area (Å²) in [5, 5.41) is 7.88. The molecule has 84 valence electrons. The highest BCUT2D eigenvalue weighted by Gasteiger charge is 2.25. The summed E-state index contributed by atoms with van der Waals surface area (Å²) in [4.78, 5) is 0. The Morgan fingerprint density at radius 2 is 2.60 bits per heavy atom. The molecular formula is C11H17NOS2. The third-order valence-electron chi connectivity index (χ3n) is 2.54. The van der Waals surface area contributed by atoms with Crippen molar-refractivity contribution < 1.29 is 4.74 Å². The third kappa shape index (κ3) is 2.97. The summed E-state index contributed by atoms with van der Waals surface area (Å²) in [6.45, 7) is 4.03. The fourth-order valence-electron chi connectivity index (χ4n) is 1.83. The zero-order chi connectivity index (χ0) is 10.5. The summed E-state index contributed by atoms with van der Waals surface area (Å²) in [6, 6.07) is 2.56. The van der Waals surface area contributed by atoms with Crippen LogP contribution in [0.2, 0.25) is 0 Å². The highest BCUT2D eigenvalue weighted by atomic mass is 32.2. The second kappa shape index (κ2) is 5.89. The van der Waals surface area contributed by atoms with Crippen molar-refractivity contribution in [1.82, 2.24) is 5.32 Å². The molecule has 0 radical (unpaired) electrons. The molecule has 1 aliphatic rings. The van der Waals surface area contributed by atoms with E-state index in [4.69, 9.17) is 4.74 Å². The van der Waals surface area contributed by atoms with E-state index in [0.29, 0.717) is 12.1 Å². The van der Waals surface area contributed by atoms with Gasteiger partial charge in [0.2, 0.25) is 0 Å². The maximum Gasteiger partial charge on any atom is 0.0860 e. The van der Waals surface area contributed by atoms with E-state index >= 15 is 0 Å². The van der Waals surface area contributed by atoms with Crippen LogP contribution in [-0.4, -0.2) is 30.8 Å². The van der Waals surface area contributed by atoms with Gasteiger partial charge in [-0.05, 0) is 28.9 Å². The Kier molecular flexibility index (Phi) is 4.50. The van der Waals surface area contributed by atoms with Crippen LogP contribution in [0.5, 0.6) is 0 Å². The van der Waals surface area contributed by atoms with Crippen molar-refractivity contribution in [2.45, 2.75) is 19.1 Å². The van der Waals surface area contributed by atoms with E-state index in [1.54, 1.807) is 11.3 Å². The Bertz CT molecular complexity index is 270. The van der Waals surface area contributed by atoms with Crippen LogP contribution in [0.4, 0.5) is 0 Å². The lowest BCUT2D eigenvalue weighted by Gasteiger charge is -2.30. The van der Waals surface area contributed by atoms with Crippen LogP contribution in [0.25, 0.3) is 0 Å². The lowest BCUT2D eigenvalue weighted by Crippen LogP contribution is -2.37. The minimum absolute atomic E-state index is 0.332. The quantitative estimate of drug-likeness (QED) is 0.878. The van der Waals surface area contributed by atoms with Crippen LogP contribution >= 0.6 is 23.1 Å². The maximum absolute atomic E-state index is 5.84. The van der Waals surface area contributed by atoms with Crippen LogP contribution in [0, 0.1) is 0 Å². The molecule has 1 aromatic rings. The summed E-state index contributed by atoms with van der Waals surface area (Å²) >= 11 is 3.75. The minimum atomic E-state index is 0.332. The molecule has 2 rings (SSSR count). The van der Waals surface area contributed by atoms with Gasteiger partial charge < -0.3 is 10.1 Å². The smallest absolute Gasteiger partial charge is 0.0860 e. The summed E-state index contributed by atoms with van der Waals surface area (Å²) in [5.41, 5.74) is 1.37. The number of likely N-dealkylation sites (N-methyl/N-ethyl adjacent to an activating group) is 1. The van der Waals surface area contributed by atoms with Gasteiger partial charge in [-0.1, -0.05) is 6.92 Å². The first-order valence-corrected chi connectivity index (χ1v) is 7.46. The summed E-state index contributed by atoms with van der Waals surface area (Å²) < 4.78 is 5.84. The van der Waals surface area contributed by atoms with Crippen molar-refractivity contribution in [3.05, 3.63) is 22.4 Å². The Morgan fingerprint density at radius 3 is 3.20 bits per heavy atom. The van der Waals surface area contributed by atoms with Gasteiger partial charge >= 0.3 is 0 Å². The van der Waals surface area contributed by atoms with E-state index < -0.39 is 0 Å². The zero-order valence-electron chi connectivity index (χ0n) is 8.94. The second-order valence-corrected chi connectivity index (χ2v) is 5.51. The van der Waals surface area contributed by atoms with Crippen molar-refractivity contribution in [2.24, 2.45) is 0 Å². The molecule has 15 heavy (non-hydrogen) atoms. The average Bonchev–Trinajstić information content (AvgIpc) is 2.80. The van der Waals surface area contributed by atoms with Crippen molar-refractivity contribution in [3.63, 3.8) is 0 Å². The van der Waals surface area contributed by atoms with Crippen molar-refractivity contribution >= 4 is 23.1 Å². The maximum atomic E-state index is 5.84. The number of thioether (sulfide) groups is 1. The van der Waals surface area contributed by atoms with Gasteiger partial charge in [0.25, 0.3) is 0 Å². The van der Waals surface area contributed by atoms with E-state index in [-0.39, 0.29) is 0 Å². The number of thiophene rings is 1. The van der Waals surface area contributed by atoms with E-state index in [1.165, 1.54) is 5.56 Å². The van der Waals surface area contributed by atoms with Crippen LogP contribution in [-0.2, 0) is 4.74 Å². The molecule has 1 fully saturated rings. The van der Waals surface area contributed by atoms with Gasteiger partial charge in [-0.2, -0.15) is 23.1 Å². The Balaban J connectivity index is 2.04. The van der Waals surface area contributed by atoms with Gasteiger partial charge in [0.1, 0.15) is 0 Å². The largest absolute Gasteiger partial charge is 0.375 e. The monoisotopic (exact) mass is 243 g/mol. The zero-order valence-corrected chi connectivity index (χ0v) is 10.6. The van der Waals surface area contributed by atoms with E-state index in [2.05, 4.69) is 29.1 Å². The molecule has 4 heteroatoms. The molecule has 2 heterocycles. The molecule has 1 saturated heterocycles. The molecule has 2 unspecified atom stereocenters. The first-order chi connectivity index (χ1) is 7.42. The molecule has 0 spiro atoms. The lowest BCUT2D eigenvalue weighted by molar-refractivity contribution is 0.0473.